The first-order chi connectivity index (χ1) is 12.9. The Bertz CT molecular complexity index is 770. The number of hydrogen-bond donors (Lipinski definition) is 2. The average molecular weight is 375 g/mol. The predicted octanol–water partition coefficient (Wildman–Crippen LogP) is 2.38. The molecule has 1 saturated carbocycles. The Hall–Kier alpha value is -2.97. The van der Waals surface area contributed by atoms with E-state index in [0.29, 0.717) is 11.3 Å². The van der Waals surface area contributed by atoms with E-state index in [1.165, 1.54) is 24.3 Å². The van der Waals surface area contributed by atoms with Gasteiger partial charge in [-0.1, -0.05) is 24.4 Å². The number of carboxylic acid groups (broad SMARTS) is 1. The molecule has 9 heteroatoms. The second kappa shape index (κ2) is 7.73. The Balaban J connectivity index is 1.75. The summed E-state index contributed by atoms with van der Waals surface area (Å²) < 4.78 is 0. The van der Waals surface area contributed by atoms with E-state index in [1.807, 2.05) is 0 Å². The standard InChI is InChI=1S/C18H21N3O6/c22-16(23)11-18(17(24)19-13-4-2-1-3-5-13)10-15(20-27-18)12-6-8-14(9-7-12)21(25)26/h6-9,13H,1-5,10-11H2,(H,19,24)(H,22,23)/t18-/m1/s1. The lowest BCUT2D eigenvalue weighted by Gasteiger charge is -2.29. The first-order valence-electron chi connectivity index (χ1n) is 8.92. The van der Waals surface area contributed by atoms with Gasteiger partial charge in [0, 0.05) is 24.6 Å². The number of nitro benzene ring substituents is 1. The number of nitrogens with one attached hydrogen (secondary N) is 1. The van der Waals surface area contributed by atoms with Gasteiger partial charge in [0.2, 0.25) is 5.60 Å². The molecule has 9 nitrogen and oxygen atoms in total. The highest BCUT2D eigenvalue weighted by Gasteiger charge is 2.49. The van der Waals surface area contributed by atoms with Gasteiger partial charge in [0.05, 0.1) is 17.1 Å². The molecule has 0 saturated heterocycles. The number of benzene rings is 1. The number of aliphatic carboxylic acids is 1. The highest BCUT2D eigenvalue weighted by atomic mass is 16.7. The van der Waals surface area contributed by atoms with Gasteiger partial charge in [-0.15, -0.1) is 0 Å². The lowest BCUT2D eigenvalue weighted by Crippen LogP contribution is -2.52. The van der Waals surface area contributed by atoms with Crippen LogP contribution in [0.5, 0.6) is 0 Å². The van der Waals surface area contributed by atoms with Crippen molar-refractivity contribution < 1.29 is 24.5 Å². The van der Waals surface area contributed by atoms with Crippen molar-refractivity contribution in [2.45, 2.75) is 56.6 Å². The minimum absolute atomic E-state index is 0.00430. The van der Waals surface area contributed by atoms with E-state index in [9.17, 15) is 24.8 Å². The van der Waals surface area contributed by atoms with Crippen molar-refractivity contribution in [2.24, 2.45) is 5.16 Å². The molecular weight excluding hydrogens is 354 g/mol. The van der Waals surface area contributed by atoms with Gasteiger partial charge in [-0.25, -0.2) is 0 Å². The first kappa shape index (κ1) is 18.8. The Kier molecular flexibility index (Phi) is 5.38. The number of carboxylic acids is 1. The molecule has 1 aromatic rings. The number of hydrogen-bond acceptors (Lipinski definition) is 6. The molecule has 0 aromatic heterocycles. The number of nitro groups is 1. The van der Waals surface area contributed by atoms with Crippen molar-refractivity contribution in [3.63, 3.8) is 0 Å². The number of oxime groups is 1. The molecule has 1 aliphatic carbocycles. The number of amides is 1. The van der Waals surface area contributed by atoms with Gasteiger partial charge in [0.1, 0.15) is 0 Å². The molecule has 27 heavy (non-hydrogen) atoms. The number of non-ortho nitro benzene ring substituents is 1. The van der Waals surface area contributed by atoms with Gasteiger partial charge in [-0.05, 0) is 30.5 Å². The van der Waals surface area contributed by atoms with E-state index in [4.69, 9.17) is 4.84 Å². The Labute approximate surface area is 155 Å². The highest BCUT2D eigenvalue weighted by molar-refractivity contribution is 6.06. The predicted molar refractivity (Wildman–Crippen MR) is 95.3 cm³/mol. The molecule has 1 aliphatic heterocycles. The van der Waals surface area contributed by atoms with Gasteiger partial charge >= 0.3 is 5.97 Å². The summed E-state index contributed by atoms with van der Waals surface area (Å²) in [6, 6.07) is 5.70. The number of rotatable bonds is 6. The molecule has 0 bridgehead atoms. The molecule has 1 amide bonds. The monoisotopic (exact) mass is 375 g/mol. The minimum atomic E-state index is -1.60. The molecule has 1 atom stereocenters. The quantitative estimate of drug-likeness (QED) is 0.580. The summed E-state index contributed by atoms with van der Waals surface area (Å²) in [6.07, 6.45) is 4.41. The Morgan fingerprint density at radius 2 is 1.93 bits per heavy atom. The minimum Gasteiger partial charge on any atom is -0.481 e. The van der Waals surface area contributed by atoms with E-state index in [1.54, 1.807) is 0 Å². The molecule has 3 rings (SSSR count). The molecular formula is C18H21N3O6. The van der Waals surface area contributed by atoms with E-state index >= 15 is 0 Å². The normalized spacial score (nSPS) is 22.6. The Morgan fingerprint density at radius 1 is 1.26 bits per heavy atom. The maximum absolute atomic E-state index is 12.8. The molecule has 0 spiro atoms. The van der Waals surface area contributed by atoms with E-state index in [0.717, 1.165) is 32.1 Å². The zero-order valence-electron chi connectivity index (χ0n) is 14.7. The van der Waals surface area contributed by atoms with Crippen LogP contribution in [0.25, 0.3) is 0 Å². The van der Waals surface area contributed by atoms with E-state index < -0.39 is 28.8 Å². The van der Waals surface area contributed by atoms with Crippen molar-refractivity contribution >= 4 is 23.3 Å². The lowest BCUT2D eigenvalue weighted by molar-refractivity contribution is -0.384. The number of carbonyl (C=O) groups excluding carboxylic acids is 1. The van der Waals surface area contributed by atoms with Crippen molar-refractivity contribution in [3.8, 4) is 0 Å². The smallest absolute Gasteiger partial charge is 0.308 e. The number of nitrogens with zero attached hydrogens (tertiary/aromatic N) is 2. The van der Waals surface area contributed by atoms with Crippen LogP contribution >= 0.6 is 0 Å². The molecule has 1 heterocycles. The van der Waals surface area contributed by atoms with Crippen molar-refractivity contribution in [2.75, 3.05) is 0 Å². The molecule has 0 unspecified atom stereocenters. The Morgan fingerprint density at radius 3 is 2.52 bits per heavy atom. The summed E-state index contributed by atoms with van der Waals surface area (Å²) in [6.45, 7) is 0. The fourth-order valence-electron chi connectivity index (χ4n) is 3.51. The van der Waals surface area contributed by atoms with Gasteiger partial charge in [-0.3, -0.25) is 19.7 Å². The van der Waals surface area contributed by atoms with Gasteiger partial charge in [0.25, 0.3) is 11.6 Å². The van der Waals surface area contributed by atoms with Crippen LogP contribution in [-0.4, -0.2) is 39.3 Å². The van der Waals surface area contributed by atoms with Crippen LogP contribution in [-0.2, 0) is 14.4 Å². The lowest BCUT2D eigenvalue weighted by atomic mass is 9.88. The SMILES string of the molecule is O=C(O)C[C@@]1(C(=O)NC2CCCCC2)CC(c2ccc([N+](=O)[O-])cc2)=NO1. The van der Waals surface area contributed by atoms with Crippen LogP contribution < -0.4 is 5.32 Å². The third kappa shape index (κ3) is 4.24. The van der Waals surface area contributed by atoms with Crippen LogP contribution in [0.15, 0.2) is 29.4 Å². The molecule has 2 aliphatic rings. The largest absolute Gasteiger partial charge is 0.481 e. The fraction of sp³-hybridized carbons (Fsp3) is 0.500. The molecule has 0 radical (unpaired) electrons. The van der Waals surface area contributed by atoms with Crippen LogP contribution in [0.1, 0.15) is 50.5 Å². The van der Waals surface area contributed by atoms with Crippen LogP contribution in [0, 0.1) is 10.1 Å². The van der Waals surface area contributed by atoms with Crippen molar-refractivity contribution in [3.05, 3.63) is 39.9 Å². The second-order valence-corrected chi connectivity index (χ2v) is 6.98. The van der Waals surface area contributed by atoms with Gasteiger partial charge in [0.15, 0.2) is 0 Å². The van der Waals surface area contributed by atoms with Crippen LogP contribution in [0.4, 0.5) is 5.69 Å². The maximum Gasteiger partial charge on any atom is 0.308 e. The summed E-state index contributed by atoms with van der Waals surface area (Å²) in [5, 5.41) is 26.9. The summed E-state index contributed by atoms with van der Waals surface area (Å²) in [7, 11) is 0. The number of carbonyl (C=O) groups is 2. The first-order valence-corrected chi connectivity index (χ1v) is 8.92. The molecule has 2 N–H and O–H groups in total. The third-order valence-electron chi connectivity index (χ3n) is 4.99. The summed E-state index contributed by atoms with van der Waals surface area (Å²) in [4.78, 5) is 39.8. The molecule has 144 valence electrons. The topological polar surface area (TPSA) is 131 Å². The summed E-state index contributed by atoms with van der Waals surface area (Å²) in [5.41, 5.74) is -0.714. The molecule has 1 aromatic carbocycles. The summed E-state index contributed by atoms with van der Waals surface area (Å²) >= 11 is 0. The zero-order valence-corrected chi connectivity index (χ0v) is 14.7. The average Bonchev–Trinajstić information content (AvgIpc) is 3.07. The second-order valence-electron chi connectivity index (χ2n) is 6.98. The van der Waals surface area contributed by atoms with Crippen molar-refractivity contribution in [1.82, 2.24) is 5.32 Å². The highest BCUT2D eigenvalue weighted by Crippen LogP contribution is 2.32. The zero-order chi connectivity index (χ0) is 19.4. The van der Waals surface area contributed by atoms with E-state index in [2.05, 4.69) is 10.5 Å². The van der Waals surface area contributed by atoms with Gasteiger partial charge < -0.3 is 15.3 Å². The molecule has 1 fully saturated rings. The maximum atomic E-state index is 12.8. The third-order valence-corrected chi connectivity index (χ3v) is 4.99. The fourth-order valence-corrected chi connectivity index (χ4v) is 3.51. The van der Waals surface area contributed by atoms with Crippen molar-refractivity contribution in [1.29, 1.82) is 0 Å². The van der Waals surface area contributed by atoms with Crippen LogP contribution in [0.3, 0.4) is 0 Å². The van der Waals surface area contributed by atoms with Crippen LogP contribution in [0.2, 0.25) is 0 Å². The van der Waals surface area contributed by atoms with Gasteiger partial charge in [-0.2, -0.15) is 0 Å². The van der Waals surface area contributed by atoms with E-state index in [-0.39, 0.29) is 18.2 Å². The summed E-state index contributed by atoms with van der Waals surface area (Å²) in [5.74, 6) is -1.63.